The van der Waals surface area contributed by atoms with Crippen molar-refractivity contribution in [3.63, 3.8) is 0 Å². The summed E-state index contributed by atoms with van der Waals surface area (Å²) in [6.07, 6.45) is 0.327. The largest absolute Gasteiger partial charge is 0.459 e. The van der Waals surface area contributed by atoms with E-state index in [0.717, 1.165) is 11.4 Å². The highest BCUT2D eigenvalue weighted by atomic mass is 16.5. The van der Waals surface area contributed by atoms with Crippen molar-refractivity contribution >= 4 is 17.4 Å². The van der Waals surface area contributed by atoms with Crippen LogP contribution < -0.4 is 0 Å². The van der Waals surface area contributed by atoms with Crippen LogP contribution in [0.4, 0.5) is 5.69 Å². The zero-order chi connectivity index (χ0) is 9.97. The molecule has 0 atom stereocenters. The van der Waals surface area contributed by atoms with E-state index in [1.54, 1.807) is 0 Å². The molecule has 2 rings (SSSR count). The molecule has 1 saturated heterocycles. The summed E-state index contributed by atoms with van der Waals surface area (Å²) in [7, 11) is 0. The number of aryl methyl sites for hydroxylation is 1. The number of rotatable bonds is 1. The topological polar surface area (TPSA) is 38.7 Å². The Hall–Kier alpha value is -1.64. The van der Waals surface area contributed by atoms with Crippen LogP contribution in [0, 0.1) is 6.92 Å². The van der Waals surface area contributed by atoms with E-state index < -0.39 is 0 Å². The SMILES string of the molecule is Cc1ccc(N=C2COC(=O)C2)cc1. The van der Waals surface area contributed by atoms with Crippen molar-refractivity contribution in [1.29, 1.82) is 0 Å². The van der Waals surface area contributed by atoms with Crippen LogP contribution in [0.15, 0.2) is 29.3 Å². The Morgan fingerprint density at radius 1 is 1.29 bits per heavy atom. The molecule has 3 nitrogen and oxygen atoms in total. The highest BCUT2D eigenvalue weighted by molar-refractivity contribution is 6.05. The van der Waals surface area contributed by atoms with Crippen molar-refractivity contribution in [2.75, 3.05) is 6.61 Å². The van der Waals surface area contributed by atoms with Crippen molar-refractivity contribution in [3.05, 3.63) is 29.8 Å². The van der Waals surface area contributed by atoms with Crippen molar-refractivity contribution in [2.45, 2.75) is 13.3 Å². The van der Waals surface area contributed by atoms with Crippen LogP contribution >= 0.6 is 0 Å². The Balaban J connectivity index is 2.17. The fraction of sp³-hybridized carbons (Fsp3) is 0.273. The summed E-state index contributed by atoms with van der Waals surface area (Å²) in [6.45, 7) is 2.37. The molecule has 0 radical (unpaired) electrons. The second-order valence-electron chi connectivity index (χ2n) is 3.35. The Morgan fingerprint density at radius 2 is 2.00 bits per heavy atom. The van der Waals surface area contributed by atoms with Crippen molar-refractivity contribution in [2.24, 2.45) is 4.99 Å². The Bertz CT molecular complexity index is 379. The van der Waals surface area contributed by atoms with Gasteiger partial charge in [-0.15, -0.1) is 0 Å². The van der Waals surface area contributed by atoms with E-state index in [-0.39, 0.29) is 5.97 Å². The molecule has 0 aromatic heterocycles. The van der Waals surface area contributed by atoms with E-state index in [1.807, 2.05) is 31.2 Å². The van der Waals surface area contributed by atoms with Crippen molar-refractivity contribution in [3.8, 4) is 0 Å². The molecule has 0 N–H and O–H groups in total. The number of aliphatic imine (C=N–C) groups is 1. The lowest BCUT2D eigenvalue weighted by atomic mass is 10.2. The van der Waals surface area contributed by atoms with E-state index >= 15 is 0 Å². The number of esters is 1. The number of cyclic esters (lactones) is 1. The van der Waals surface area contributed by atoms with Crippen LogP contribution in [-0.4, -0.2) is 18.3 Å². The van der Waals surface area contributed by atoms with E-state index in [1.165, 1.54) is 5.56 Å². The van der Waals surface area contributed by atoms with Gasteiger partial charge in [-0.3, -0.25) is 9.79 Å². The fourth-order valence-electron chi connectivity index (χ4n) is 1.31. The van der Waals surface area contributed by atoms with E-state index in [2.05, 4.69) is 4.99 Å². The van der Waals surface area contributed by atoms with Gasteiger partial charge in [0.2, 0.25) is 0 Å². The van der Waals surface area contributed by atoms with Crippen LogP contribution in [0.2, 0.25) is 0 Å². The van der Waals surface area contributed by atoms with Gasteiger partial charge in [-0.2, -0.15) is 0 Å². The zero-order valence-corrected chi connectivity index (χ0v) is 7.99. The fourth-order valence-corrected chi connectivity index (χ4v) is 1.31. The van der Waals surface area contributed by atoms with Gasteiger partial charge in [-0.25, -0.2) is 0 Å². The minimum Gasteiger partial charge on any atom is -0.459 e. The van der Waals surface area contributed by atoms with Crippen LogP contribution in [0.3, 0.4) is 0 Å². The predicted octanol–water partition coefficient (Wildman–Crippen LogP) is 2.01. The third-order valence-electron chi connectivity index (χ3n) is 2.07. The third-order valence-corrected chi connectivity index (χ3v) is 2.07. The molecule has 0 amide bonds. The van der Waals surface area contributed by atoms with E-state index in [0.29, 0.717) is 13.0 Å². The highest BCUT2D eigenvalue weighted by Gasteiger charge is 2.17. The molecule has 1 fully saturated rings. The van der Waals surface area contributed by atoms with Gasteiger partial charge in [0.25, 0.3) is 0 Å². The first-order valence-electron chi connectivity index (χ1n) is 4.53. The number of nitrogens with zero attached hydrogens (tertiary/aromatic N) is 1. The molecule has 3 heteroatoms. The smallest absolute Gasteiger partial charge is 0.312 e. The van der Waals surface area contributed by atoms with Crippen LogP contribution in [0.25, 0.3) is 0 Å². The number of ether oxygens (including phenoxy) is 1. The van der Waals surface area contributed by atoms with E-state index in [4.69, 9.17) is 4.74 Å². The van der Waals surface area contributed by atoms with Crippen molar-refractivity contribution in [1.82, 2.24) is 0 Å². The van der Waals surface area contributed by atoms with Crippen LogP contribution in [-0.2, 0) is 9.53 Å². The summed E-state index contributed by atoms with van der Waals surface area (Å²) in [5.74, 6) is -0.184. The zero-order valence-electron chi connectivity index (χ0n) is 7.99. The molecule has 0 aliphatic carbocycles. The Labute approximate surface area is 82.4 Å². The van der Waals surface area contributed by atoms with Gasteiger partial charge < -0.3 is 4.74 Å². The molecule has 0 unspecified atom stereocenters. The quantitative estimate of drug-likeness (QED) is 0.634. The number of benzene rings is 1. The molecular formula is C11H11NO2. The average Bonchev–Trinajstić information content (AvgIpc) is 2.56. The second-order valence-corrected chi connectivity index (χ2v) is 3.35. The van der Waals surface area contributed by atoms with Gasteiger partial charge in [0.1, 0.15) is 6.61 Å². The molecule has 0 bridgehead atoms. The number of carbonyl (C=O) groups is 1. The van der Waals surface area contributed by atoms with Crippen molar-refractivity contribution < 1.29 is 9.53 Å². The third kappa shape index (κ3) is 1.99. The van der Waals surface area contributed by atoms with Gasteiger partial charge in [0, 0.05) is 0 Å². The summed E-state index contributed by atoms with van der Waals surface area (Å²) in [6, 6.07) is 7.87. The van der Waals surface area contributed by atoms with Gasteiger partial charge >= 0.3 is 5.97 Å². The molecule has 0 saturated carbocycles. The van der Waals surface area contributed by atoms with Crippen LogP contribution in [0.1, 0.15) is 12.0 Å². The van der Waals surface area contributed by atoms with Gasteiger partial charge in [-0.1, -0.05) is 17.7 Å². The number of hydrogen-bond donors (Lipinski definition) is 0. The normalized spacial score (nSPS) is 18.6. The molecule has 1 heterocycles. The first-order valence-corrected chi connectivity index (χ1v) is 4.53. The standard InChI is InChI=1S/C11H11NO2/c1-8-2-4-9(5-3-8)12-10-6-11(13)14-7-10/h2-5H,6-7H2,1H3. The minimum absolute atomic E-state index is 0.184. The molecule has 72 valence electrons. The average molecular weight is 189 g/mol. The van der Waals surface area contributed by atoms with Gasteiger partial charge in [0.05, 0.1) is 17.8 Å². The highest BCUT2D eigenvalue weighted by Crippen LogP contribution is 2.15. The van der Waals surface area contributed by atoms with Gasteiger partial charge in [-0.05, 0) is 19.1 Å². The Morgan fingerprint density at radius 3 is 2.57 bits per heavy atom. The summed E-state index contributed by atoms with van der Waals surface area (Å²) in [5.41, 5.74) is 2.88. The lowest BCUT2D eigenvalue weighted by Crippen LogP contribution is -1.94. The van der Waals surface area contributed by atoms with Crippen LogP contribution in [0.5, 0.6) is 0 Å². The Kier molecular flexibility index (Phi) is 2.31. The molecule has 1 aromatic rings. The summed E-state index contributed by atoms with van der Waals surface area (Å²) in [5, 5.41) is 0. The molecular weight excluding hydrogens is 178 g/mol. The summed E-state index contributed by atoms with van der Waals surface area (Å²) < 4.78 is 4.79. The summed E-state index contributed by atoms with van der Waals surface area (Å²) in [4.78, 5) is 15.1. The molecule has 0 spiro atoms. The number of hydrogen-bond acceptors (Lipinski definition) is 3. The first kappa shape index (κ1) is 8.94. The number of carbonyl (C=O) groups excluding carboxylic acids is 1. The van der Waals surface area contributed by atoms with Gasteiger partial charge in [0.15, 0.2) is 0 Å². The molecule has 14 heavy (non-hydrogen) atoms. The minimum atomic E-state index is -0.184. The first-order chi connectivity index (χ1) is 6.74. The molecule has 1 aliphatic heterocycles. The second kappa shape index (κ2) is 3.62. The maximum atomic E-state index is 10.8. The monoisotopic (exact) mass is 189 g/mol. The molecule has 1 aromatic carbocycles. The lowest BCUT2D eigenvalue weighted by Gasteiger charge is -1.95. The predicted molar refractivity (Wildman–Crippen MR) is 53.9 cm³/mol. The lowest BCUT2D eigenvalue weighted by molar-refractivity contribution is -0.137. The summed E-state index contributed by atoms with van der Waals surface area (Å²) >= 11 is 0. The molecule has 1 aliphatic rings. The maximum Gasteiger partial charge on any atom is 0.312 e. The maximum absolute atomic E-state index is 10.8. The van der Waals surface area contributed by atoms with E-state index in [9.17, 15) is 4.79 Å².